The van der Waals surface area contributed by atoms with Gasteiger partial charge >= 0.3 is 0 Å². The van der Waals surface area contributed by atoms with Crippen molar-refractivity contribution in [2.24, 2.45) is 16.7 Å². The van der Waals surface area contributed by atoms with Crippen molar-refractivity contribution < 1.29 is 5.11 Å². The lowest BCUT2D eigenvalue weighted by molar-refractivity contribution is -0.0378. The van der Waals surface area contributed by atoms with Crippen molar-refractivity contribution in [3.8, 4) is 0 Å². The van der Waals surface area contributed by atoms with E-state index >= 15 is 0 Å². The van der Waals surface area contributed by atoms with Crippen molar-refractivity contribution in [1.82, 2.24) is 0 Å². The molecule has 0 radical (unpaired) electrons. The predicted octanol–water partition coefficient (Wildman–Crippen LogP) is 4.78. The van der Waals surface area contributed by atoms with Gasteiger partial charge in [-0.3, -0.25) is 0 Å². The fourth-order valence-corrected chi connectivity index (χ4v) is 2.88. The molecule has 0 heterocycles. The lowest BCUT2D eigenvalue weighted by atomic mass is 9.67. The minimum absolute atomic E-state index is 0.344. The van der Waals surface area contributed by atoms with Gasteiger partial charge in [0.05, 0.1) is 5.60 Å². The summed E-state index contributed by atoms with van der Waals surface area (Å²) in [5, 5.41) is 10.6. The van der Waals surface area contributed by atoms with Crippen LogP contribution in [0.2, 0.25) is 0 Å². The van der Waals surface area contributed by atoms with Crippen molar-refractivity contribution in [2.75, 3.05) is 0 Å². The molecule has 1 saturated carbocycles. The van der Waals surface area contributed by atoms with E-state index < -0.39 is 0 Å². The molecule has 1 rings (SSSR count). The summed E-state index contributed by atoms with van der Waals surface area (Å²) in [5.41, 5.74) is 0.386. The zero-order valence-corrected chi connectivity index (χ0v) is 12.8. The number of hydrogen-bond acceptors (Lipinski definition) is 1. The van der Waals surface area contributed by atoms with Crippen molar-refractivity contribution in [2.45, 2.75) is 85.7 Å². The summed E-state index contributed by atoms with van der Waals surface area (Å²) < 4.78 is 0. The standard InChI is InChI=1S/C16H32O/c1-14(2,3)11-12-16(17)9-7-13(8-10-16)15(4,5)6/h13,17H,7-12H2,1-6H3. The largest absolute Gasteiger partial charge is 0.390 e. The highest BCUT2D eigenvalue weighted by atomic mass is 16.3. The lowest BCUT2D eigenvalue weighted by Crippen LogP contribution is -2.38. The topological polar surface area (TPSA) is 20.2 Å². The van der Waals surface area contributed by atoms with Crippen LogP contribution >= 0.6 is 0 Å². The maximum absolute atomic E-state index is 10.6. The molecule has 1 heteroatoms. The van der Waals surface area contributed by atoms with E-state index in [1.54, 1.807) is 0 Å². The molecule has 102 valence electrons. The van der Waals surface area contributed by atoms with Gasteiger partial charge in [-0.2, -0.15) is 0 Å². The van der Waals surface area contributed by atoms with Crippen molar-refractivity contribution in [3.05, 3.63) is 0 Å². The molecule has 0 unspecified atom stereocenters. The third kappa shape index (κ3) is 4.99. The molecule has 0 aliphatic heterocycles. The van der Waals surface area contributed by atoms with Crippen LogP contribution in [-0.2, 0) is 0 Å². The second-order valence-corrected chi connectivity index (χ2v) is 8.43. The molecule has 1 N–H and O–H groups in total. The third-order valence-electron chi connectivity index (χ3n) is 4.48. The van der Waals surface area contributed by atoms with Gasteiger partial charge in [-0.1, -0.05) is 41.5 Å². The number of aliphatic hydroxyl groups is 1. The molecule has 0 amide bonds. The molecule has 0 spiro atoms. The second kappa shape index (κ2) is 4.91. The van der Waals surface area contributed by atoms with Gasteiger partial charge in [0.1, 0.15) is 0 Å². The Kier molecular flexibility index (Phi) is 4.34. The van der Waals surface area contributed by atoms with E-state index in [1.807, 2.05) is 0 Å². The zero-order valence-electron chi connectivity index (χ0n) is 12.8. The summed E-state index contributed by atoms with van der Waals surface area (Å²) in [4.78, 5) is 0. The zero-order chi connectivity index (χ0) is 13.3. The van der Waals surface area contributed by atoms with E-state index in [0.717, 1.165) is 31.6 Å². The van der Waals surface area contributed by atoms with Crippen LogP contribution in [0.3, 0.4) is 0 Å². The molecular weight excluding hydrogens is 208 g/mol. The fraction of sp³-hybridized carbons (Fsp3) is 1.00. The molecule has 1 aliphatic carbocycles. The van der Waals surface area contributed by atoms with Gasteiger partial charge in [0.25, 0.3) is 0 Å². The van der Waals surface area contributed by atoms with E-state index in [4.69, 9.17) is 0 Å². The molecule has 0 atom stereocenters. The average molecular weight is 240 g/mol. The first kappa shape index (κ1) is 15.0. The van der Waals surface area contributed by atoms with E-state index in [0.29, 0.717) is 10.8 Å². The molecule has 0 saturated heterocycles. The summed E-state index contributed by atoms with van der Waals surface area (Å²) in [6, 6.07) is 0. The maximum Gasteiger partial charge on any atom is 0.0648 e. The average Bonchev–Trinajstić information content (AvgIpc) is 2.13. The summed E-state index contributed by atoms with van der Waals surface area (Å²) in [5.74, 6) is 0.789. The summed E-state index contributed by atoms with van der Waals surface area (Å²) >= 11 is 0. The van der Waals surface area contributed by atoms with Crippen LogP contribution in [0.25, 0.3) is 0 Å². The Morgan fingerprint density at radius 3 is 1.82 bits per heavy atom. The van der Waals surface area contributed by atoms with Crippen molar-refractivity contribution >= 4 is 0 Å². The first-order valence-electron chi connectivity index (χ1n) is 7.24. The Labute approximate surface area is 108 Å². The fourth-order valence-electron chi connectivity index (χ4n) is 2.88. The molecule has 0 aromatic heterocycles. The second-order valence-electron chi connectivity index (χ2n) is 8.43. The lowest BCUT2D eigenvalue weighted by Gasteiger charge is -2.42. The van der Waals surface area contributed by atoms with E-state index in [-0.39, 0.29) is 5.60 Å². The highest BCUT2D eigenvalue weighted by Crippen LogP contribution is 2.43. The molecule has 1 nitrogen and oxygen atoms in total. The molecule has 0 bridgehead atoms. The maximum atomic E-state index is 10.6. The monoisotopic (exact) mass is 240 g/mol. The Hall–Kier alpha value is -0.0400. The molecular formula is C16H32O. The number of hydrogen-bond donors (Lipinski definition) is 1. The van der Waals surface area contributed by atoms with Gasteiger partial charge in [-0.15, -0.1) is 0 Å². The summed E-state index contributed by atoms with van der Waals surface area (Å²) in [6.45, 7) is 13.8. The van der Waals surface area contributed by atoms with Crippen LogP contribution in [0.1, 0.15) is 80.1 Å². The smallest absolute Gasteiger partial charge is 0.0648 e. The molecule has 0 aromatic carbocycles. The van der Waals surface area contributed by atoms with Crippen LogP contribution in [-0.4, -0.2) is 10.7 Å². The van der Waals surface area contributed by atoms with Crippen molar-refractivity contribution in [3.63, 3.8) is 0 Å². The van der Waals surface area contributed by atoms with Crippen LogP contribution in [0.4, 0.5) is 0 Å². The van der Waals surface area contributed by atoms with Gasteiger partial charge in [0.15, 0.2) is 0 Å². The Morgan fingerprint density at radius 1 is 1.00 bits per heavy atom. The quantitative estimate of drug-likeness (QED) is 0.736. The molecule has 0 aromatic rings. The first-order valence-corrected chi connectivity index (χ1v) is 7.24. The van der Waals surface area contributed by atoms with Gasteiger partial charge < -0.3 is 5.11 Å². The van der Waals surface area contributed by atoms with Gasteiger partial charge in [0.2, 0.25) is 0 Å². The molecule has 1 aliphatic rings. The van der Waals surface area contributed by atoms with Crippen LogP contribution < -0.4 is 0 Å². The highest BCUT2D eigenvalue weighted by Gasteiger charge is 2.37. The SMILES string of the molecule is CC(C)(C)CCC1(O)CCC(C(C)(C)C)CC1. The predicted molar refractivity (Wildman–Crippen MR) is 75.1 cm³/mol. The van der Waals surface area contributed by atoms with Crippen molar-refractivity contribution in [1.29, 1.82) is 0 Å². The minimum atomic E-state index is -0.366. The van der Waals surface area contributed by atoms with Gasteiger partial charge in [0, 0.05) is 0 Å². The molecule has 17 heavy (non-hydrogen) atoms. The van der Waals surface area contributed by atoms with E-state index in [1.165, 1.54) is 12.8 Å². The van der Waals surface area contributed by atoms with Crippen LogP contribution in [0, 0.1) is 16.7 Å². The summed E-state index contributed by atoms with van der Waals surface area (Å²) in [7, 11) is 0. The number of rotatable bonds is 2. The normalized spacial score (nSPS) is 31.6. The Balaban J connectivity index is 2.44. The first-order chi connectivity index (χ1) is 7.52. The summed E-state index contributed by atoms with van der Waals surface area (Å²) in [6.07, 6.45) is 6.52. The Morgan fingerprint density at radius 2 is 1.47 bits per heavy atom. The van der Waals surface area contributed by atoms with E-state index in [2.05, 4.69) is 41.5 Å². The Bertz CT molecular complexity index is 233. The van der Waals surface area contributed by atoms with E-state index in [9.17, 15) is 5.11 Å². The highest BCUT2D eigenvalue weighted by molar-refractivity contribution is 4.89. The minimum Gasteiger partial charge on any atom is -0.390 e. The molecule has 1 fully saturated rings. The van der Waals surface area contributed by atoms with Crippen LogP contribution in [0.5, 0.6) is 0 Å². The third-order valence-corrected chi connectivity index (χ3v) is 4.48. The van der Waals surface area contributed by atoms with Crippen LogP contribution in [0.15, 0.2) is 0 Å². The van der Waals surface area contributed by atoms with Gasteiger partial charge in [-0.05, 0) is 55.3 Å². The van der Waals surface area contributed by atoms with Gasteiger partial charge in [-0.25, -0.2) is 0 Å².